The summed E-state index contributed by atoms with van der Waals surface area (Å²) >= 11 is 1.96. The van der Waals surface area contributed by atoms with E-state index in [-0.39, 0.29) is 0 Å². The van der Waals surface area contributed by atoms with Gasteiger partial charge in [-0.15, -0.1) is 11.3 Å². The van der Waals surface area contributed by atoms with Crippen molar-refractivity contribution in [1.29, 1.82) is 0 Å². The van der Waals surface area contributed by atoms with E-state index in [1.165, 1.54) is 52.6 Å². The minimum Gasteiger partial charge on any atom is -0.307 e. The smallest absolute Gasteiger partial charge is 0.0391 e. The van der Waals surface area contributed by atoms with Crippen molar-refractivity contribution in [3.63, 3.8) is 0 Å². The maximum Gasteiger partial charge on any atom is 0.0391 e. The van der Waals surface area contributed by atoms with Crippen LogP contribution in [0.2, 0.25) is 0 Å². The van der Waals surface area contributed by atoms with Crippen LogP contribution >= 0.6 is 11.3 Å². The van der Waals surface area contributed by atoms with Gasteiger partial charge in [0.05, 0.1) is 0 Å². The number of thiophene rings is 1. The molecule has 1 aliphatic carbocycles. The Morgan fingerprint density at radius 1 is 1.10 bits per heavy atom. The summed E-state index contributed by atoms with van der Waals surface area (Å²) in [6.45, 7) is 6.99. The SMILES string of the molecule is Cc1c(C(C)N[C@H](C)C2CCCCC2)sc2ccccc12. The average molecular weight is 301 g/mol. The van der Waals surface area contributed by atoms with E-state index < -0.39 is 0 Å². The molecule has 0 aliphatic heterocycles. The number of hydrogen-bond acceptors (Lipinski definition) is 2. The Hall–Kier alpha value is -0.860. The van der Waals surface area contributed by atoms with Gasteiger partial charge >= 0.3 is 0 Å². The van der Waals surface area contributed by atoms with Crippen molar-refractivity contribution < 1.29 is 0 Å². The molecule has 114 valence electrons. The van der Waals surface area contributed by atoms with E-state index in [9.17, 15) is 0 Å². The zero-order valence-corrected chi connectivity index (χ0v) is 14.3. The standard InChI is InChI=1S/C19H27NS/c1-13-17-11-7-8-12-18(17)21-19(13)15(3)20-14(2)16-9-5-4-6-10-16/h7-8,11-12,14-16,20H,4-6,9-10H2,1-3H3/t14-,15?/m1/s1. The molecule has 1 unspecified atom stereocenters. The van der Waals surface area contributed by atoms with E-state index in [4.69, 9.17) is 0 Å². The third-order valence-electron chi connectivity index (χ3n) is 5.14. The second kappa shape index (κ2) is 6.50. The predicted molar refractivity (Wildman–Crippen MR) is 94.1 cm³/mol. The van der Waals surface area contributed by atoms with Crippen molar-refractivity contribution in [2.45, 2.75) is 65.0 Å². The van der Waals surface area contributed by atoms with Crippen molar-refractivity contribution in [2.24, 2.45) is 5.92 Å². The van der Waals surface area contributed by atoms with Gasteiger partial charge in [-0.25, -0.2) is 0 Å². The second-order valence-electron chi connectivity index (χ2n) is 6.66. The zero-order chi connectivity index (χ0) is 14.8. The molecular formula is C19H27NS. The lowest BCUT2D eigenvalue weighted by Gasteiger charge is -2.30. The third-order valence-corrected chi connectivity index (χ3v) is 6.60. The fraction of sp³-hybridized carbons (Fsp3) is 0.579. The monoisotopic (exact) mass is 301 g/mol. The molecule has 1 aromatic carbocycles. The van der Waals surface area contributed by atoms with Gasteiger partial charge in [-0.2, -0.15) is 0 Å². The van der Waals surface area contributed by atoms with E-state index in [0.717, 1.165) is 5.92 Å². The lowest BCUT2D eigenvalue weighted by Crippen LogP contribution is -2.36. The molecule has 3 rings (SSSR count). The zero-order valence-electron chi connectivity index (χ0n) is 13.5. The number of benzene rings is 1. The number of aryl methyl sites for hydroxylation is 1. The Morgan fingerprint density at radius 3 is 2.52 bits per heavy atom. The summed E-state index contributed by atoms with van der Waals surface area (Å²) in [5, 5.41) is 5.31. The highest BCUT2D eigenvalue weighted by molar-refractivity contribution is 7.19. The van der Waals surface area contributed by atoms with Crippen molar-refractivity contribution in [1.82, 2.24) is 5.32 Å². The fourth-order valence-corrected chi connectivity index (χ4v) is 5.07. The van der Waals surface area contributed by atoms with E-state index in [2.05, 4.69) is 50.4 Å². The first kappa shape index (κ1) is 15.1. The van der Waals surface area contributed by atoms with Gasteiger partial charge in [0.2, 0.25) is 0 Å². The van der Waals surface area contributed by atoms with Gasteiger partial charge in [-0.05, 0) is 56.5 Å². The normalized spacial score (nSPS) is 19.8. The molecule has 0 amide bonds. The molecule has 0 radical (unpaired) electrons. The van der Waals surface area contributed by atoms with Gasteiger partial charge in [0, 0.05) is 21.7 Å². The fourth-order valence-electron chi connectivity index (χ4n) is 3.85. The Morgan fingerprint density at radius 2 is 1.81 bits per heavy atom. The van der Waals surface area contributed by atoms with Crippen LogP contribution in [0.5, 0.6) is 0 Å². The summed E-state index contributed by atoms with van der Waals surface area (Å²) in [6.07, 6.45) is 7.10. The molecule has 1 heterocycles. The molecule has 0 saturated heterocycles. The Bertz CT molecular complexity index is 595. The van der Waals surface area contributed by atoms with Gasteiger partial charge in [0.25, 0.3) is 0 Å². The third kappa shape index (κ3) is 3.17. The maximum atomic E-state index is 3.88. The molecule has 1 saturated carbocycles. The molecule has 21 heavy (non-hydrogen) atoms. The quantitative estimate of drug-likeness (QED) is 0.749. The molecule has 1 N–H and O–H groups in total. The van der Waals surface area contributed by atoms with Crippen molar-refractivity contribution in [2.75, 3.05) is 0 Å². The van der Waals surface area contributed by atoms with E-state index >= 15 is 0 Å². The van der Waals surface area contributed by atoms with Crippen LogP contribution in [-0.2, 0) is 0 Å². The molecule has 2 heteroatoms. The lowest BCUT2D eigenvalue weighted by molar-refractivity contribution is 0.269. The van der Waals surface area contributed by atoms with Gasteiger partial charge < -0.3 is 5.32 Å². The Labute approximate surface area is 132 Å². The van der Waals surface area contributed by atoms with Gasteiger partial charge in [0.1, 0.15) is 0 Å². The van der Waals surface area contributed by atoms with Crippen molar-refractivity contribution >= 4 is 21.4 Å². The molecule has 0 spiro atoms. The first-order chi connectivity index (χ1) is 10.2. The molecule has 1 nitrogen and oxygen atoms in total. The highest BCUT2D eigenvalue weighted by Gasteiger charge is 2.23. The predicted octanol–water partition coefficient (Wildman–Crippen LogP) is 5.83. The summed E-state index contributed by atoms with van der Waals surface area (Å²) in [7, 11) is 0. The van der Waals surface area contributed by atoms with Crippen LogP contribution < -0.4 is 5.32 Å². The van der Waals surface area contributed by atoms with Crippen LogP contribution in [0.4, 0.5) is 0 Å². The molecular weight excluding hydrogens is 274 g/mol. The van der Waals surface area contributed by atoms with Crippen molar-refractivity contribution in [3.8, 4) is 0 Å². The van der Waals surface area contributed by atoms with Gasteiger partial charge in [-0.3, -0.25) is 0 Å². The van der Waals surface area contributed by atoms with E-state index in [1.54, 1.807) is 0 Å². The number of fused-ring (bicyclic) bond motifs is 1. The molecule has 0 bridgehead atoms. The van der Waals surface area contributed by atoms with Crippen LogP contribution in [0.1, 0.15) is 62.4 Å². The first-order valence-electron chi connectivity index (χ1n) is 8.41. The number of rotatable bonds is 4. The average Bonchev–Trinajstić information content (AvgIpc) is 2.86. The minimum absolute atomic E-state index is 0.458. The second-order valence-corrected chi connectivity index (χ2v) is 7.75. The summed E-state index contributed by atoms with van der Waals surface area (Å²) < 4.78 is 1.42. The van der Waals surface area contributed by atoms with Crippen LogP contribution in [0.3, 0.4) is 0 Å². The van der Waals surface area contributed by atoms with Crippen LogP contribution in [0, 0.1) is 12.8 Å². The summed E-state index contributed by atoms with van der Waals surface area (Å²) in [5.74, 6) is 0.871. The Kier molecular flexibility index (Phi) is 4.66. The summed E-state index contributed by atoms with van der Waals surface area (Å²) in [5.41, 5.74) is 1.46. The first-order valence-corrected chi connectivity index (χ1v) is 9.22. The summed E-state index contributed by atoms with van der Waals surface area (Å²) in [4.78, 5) is 1.51. The summed E-state index contributed by atoms with van der Waals surface area (Å²) in [6, 6.07) is 9.87. The largest absolute Gasteiger partial charge is 0.307 e. The van der Waals surface area contributed by atoms with E-state index in [1.807, 2.05) is 11.3 Å². The highest BCUT2D eigenvalue weighted by atomic mass is 32.1. The topological polar surface area (TPSA) is 12.0 Å². The number of nitrogens with one attached hydrogen (secondary N) is 1. The molecule has 1 aromatic heterocycles. The molecule has 1 aliphatic rings. The number of hydrogen-bond donors (Lipinski definition) is 1. The maximum absolute atomic E-state index is 3.88. The molecule has 2 atom stereocenters. The van der Waals surface area contributed by atoms with Crippen LogP contribution in [-0.4, -0.2) is 6.04 Å². The van der Waals surface area contributed by atoms with Gasteiger partial charge in [0.15, 0.2) is 0 Å². The molecule has 2 aromatic rings. The lowest BCUT2D eigenvalue weighted by atomic mass is 9.84. The van der Waals surface area contributed by atoms with Crippen LogP contribution in [0.25, 0.3) is 10.1 Å². The Balaban J connectivity index is 1.74. The molecule has 1 fully saturated rings. The highest BCUT2D eigenvalue weighted by Crippen LogP contribution is 2.35. The van der Waals surface area contributed by atoms with Crippen molar-refractivity contribution in [3.05, 3.63) is 34.7 Å². The van der Waals surface area contributed by atoms with Gasteiger partial charge in [-0.1, -0.05) is 37.5 Å². The minimum atomic E-state index is 0.458. The van der Waals surface area contributed by atoms with E-state index in [0.29, 0.717) is 12.1 Å². The van der Waals surface area contributed by atoms with Crippen LogP contribution in [0.15, 0.2) is 24.3 Å².